The molecule has 3 aromatic rings. The number of anilines is 4. The molecule has 18 heteroatoms. The third kappa shape index (κ3) is 8.65. The number of likely N-dealkylation sites (tertiary alicyclic amines) is 1. The zero-order valence-electron chi connectivity index (χ0n) is 34.4. The molecule has 5 saturated heterocycles. The Morgan fingerprint density at radius 1 is 0.855 bits per heavy atom. The highest BCUT2D eigenvalue weighted by Gasteiger charge is 2.41. The maximum atomic E-state index is 13.5. The average Bonchev–Trinajstić information content (AvgIpc) is 3.59. The lowest BCUT2D eigenvalue weighted by atomic mass is 9.93. The molecule has 0 bridgehead atoms. The highest BCUT2D eigenvalue weighted by molar-refractivity contribution is 6.05. The fourth-order valence-corrected chi connectivity index (χ4v) is 9.91. The van der Waals surface area contributed by atoms with Gasteiger partial charge in [0.1, 0.15) is 17.7 Å². The Labute approximate surface area is 357 Å². The number of benzene rings is 1. The van der Waals surface area contributed by atoms with Crippen LogP contribution >= 0.6 is 0 Å². The Morgan fingerprint density at radius 3 is 2.24 bits per heavy atom. The lowest BCUT2D eigenvalue weighted by Gasteiger charge is -2.49. The number of carbonyl (C=O) groups excluding carboxylic acids is 4. The molecule has 6 aliphatic rings. The van der Waals surface area contributed by atoms with Crippen LogP contribution in [0.4, 0.5) is 36.2 Å². The van der Waals surface area contributed by atoms with Gasteiger partial charge in [-0.3, -0.25) is 34.3 Å². The van der Waals surface area contributed by atoms with Crippen LogP contribution in [0.3, 0.4) is 0 Å². The molecule has 0 saturated carbocycles. The minimum atomic E-state index is -4.62. The number of imide groups is 1. The summed E-state index contributed by atoms with van der Waals surface area (Å²) < 4.78 is 40.4. The fraction of sp³-hybridized carbons (Fsp3) is 0.523. The first-order chi connectivity index (χ1) is 29.9. The highest BCUT2D eigenvalue weighted by atomic mass is 19.4. The van der Waals surface area contributed by atoms with Crippen LogP contribution in [-0.2, 0) is 27.1 Å². The van der Waals surface area contributed by atoms with Crippen molar-refractivity contribution >= 4 is 46.6 Å². The number of nitrogens with one attached hydrogen (secondary N) is 2. The number of hydrogen-bond donors (Lipinski definition) is 2. The topological polar surface area (TPSA) is 161 Å². The van der Waals surface area contributed by atoms with Crippen LogP contribution in [0.25, 0.3) is 0 Å². The standard InChI is InChI=1S/C44H50F3N11O4/c45-44(46,47)35-21-31(2-1-30(35)22-48)54-15-11-29(12-16-54)41(60)51-38-6-3-32(23-49-38)55-13-9-28(10-14-55)24-53-25-33(26-53)56-17-19-57(20-18-56)39-7-4-34-36(50-39)27-58(43(34)62)37-5-8-40(59)52-42(37)61/h1-4,6-7,21,23,28-29,33,37H,5,8-20,24-27H2,(H,49,51,60)(H,52,59,61). The quantitative estimate of drug-likeness (QED) is 0.301. The van der Waals surface area contributed by atoms with Crippen LogP contribution in [0.1, 0.15) is 65.7 Å². The molecular weight excluding hydrogens is 804 g/mol. The molecule has 2 aromatic heterocycles. The number of rotatable bonds is 9. The summed E-state index contributed by atoms with van der Waals surface area (Å²) in [4.78, 5) is 72.7. The van der Waals surface area contributed by atoms with E-state index in [9.17, 15) is 32.3 Å². The van der Waals surface area contributed by atoms with E-state index in [0.717, 1.165) is 89.3 Å². The number of halogens is 3. The summed E-state index contributed by atoms with van der Waals surface area (Å²) in [6, 6.07) is 12.8. The number of piperazine rings is 1. The number of nitrogens with zero attached hydrogens (tertiary/aromatic N) is 9. The Hall–Kier alpha value is -5.80. The van der Waals surface area contributed by atoms with Gasteiger partial charge >= 0.3 is 6.18 Å². The third-order valence-corrected chi connectivity index (χ3v) is 13.6. The van der Waals surface area contributed by atoms with Crippen LogP contribution < -0.4 is 25.3 Å². The van der Waals surface area contributed by atoms with Gasteiger partial charge in [0.2, 0.25) is 17.7 Å². The van der Waals surface area contributed by atoms with Crippen molar-refractivity contribution in [1.82, 2.24) is 30.0 Å². The number of pyridine rings is 2. The van der Waals surface area contributed by atoms with Crippen LogP contribution in [0.2, 0.25) is 0 Å². The van der Waals surface area contributed by atoms with Gasteiger partial charge in [-0.2, -0.15) is 18.4 Å². The van der Waals surface area contributed by atoms with Gasteiger partial charge in [-0.05, 0) is 80.5 Å². The fourth-order valence-electron chi connectivity index (χ4n) is 9.91. The summed E-state index contributed by atoms with van der Waals surface area (Å²) in [5, 5.41) is 14.4. The minimum absolute atomic E-state index is 0.147. The van der Waals surface area contributed by atoms with E-state index in [0.29, 0.717) is 67.1 Å². The number of piperidine rings is 3. The molecule has 15 nitrogen and oxygen atoms in total. The van der Waals surface area contributed by atoms with Gasteiger partial charge in [0, 0.05) is 96.1 Å². The zero-order chi connectivity index (χ0) is 43.1. The monoisotopic (exact) mass is 853 g/mol. The first-order valence-corrected chi connectivity index (χ1v) is 21.6. The van der Waals surface area contributed by atoms with Gasteiger partial charge in [-0.15, -0.1) is 0 Å². The summed E-state index contributed by atoms with van der Waals surface area (Å²) in [7, 11) is 0. The van der Waals surface area contributed by atoms with Crippen LogP contribution in [0.5, 0.6) is 0 Å². The SMILES string of the molecule is N#Cc1ccc(N2CCC(C(=O)Nc3ccc(N4CCC(CN5CC(N6CCN(c7ccc8c(n7)CN(C7CCC(=O)NC7=O)C8=O)CC6)C5)CC4)cn3)CC2)cc1C(F)(F)F. The first-order valence-electron chi connectivity index (χ1n) is 21.6. The molecule has 6 aliphatic heterocycles. The van der Waals surface area contributed by atoms with E-state index < -0.39 is 29.3 Å². The summed E-state index contributed by atoms with van der Waals surface area (Å²) in [5.74, 6) is 0.609. The average molecular weight is 854 g/mol. The van der Waals surface area contributed by atoms with Crippen molar-refractivity contribution < 1.29 is 32.3 Å². The Kier molecular flexibility index (Phi) is 11.5. The van der Waals surface area contributed by atoms with Gasteiger partial charge in [0.25, 0.3) is 5.91 Å². The number of hydrogen-bond acceptors (Lipinski definition) is 12. The van der Waals surface area contributed by atoms with E-state index >= 15 is 0 Å². The molecular formula is C44H50F3N11O4. The molecule has 9 rings (SSSR count). The van der Waals surface area contributed by atoms with Gasteiger partial charge in [-0.25, -0.2) is 9.97 Å². The van der Waals surface area contributed by atoms with E-state index in [2.05, 4.69) is 35.2 Å². The maximum Gasteiger partial charge on any atom is 0.417 e. The van der Waals surface area contributed by atoms with E-state index in [1.807, 2.05) is 29.2 Å². The number of nitriles is 1. The Bertz CT molecular complexity index is 2240. The predicted octanol–water partition coefficient (Wildman–Crippen LogP) is 3.71. The molecule has 0 spiro atoms. The van der Waals surface area contributed by atoms with Crippen molar-refractivity contribution in [3.8, 4) is 6.07 Å². The predicted molar refractivity (Wildman–Crippen MR) is 223 cm³/mol. The first kappa shape index (κ1) is 41.5. The number of aromatic nitrogens is 2. The van der Waals surface area contributed by atoms with Crippen molar-refractivity contribution in [2.45, 2.75) is 63.3 Å². The maximum absolute atomic E-state index is 13.5. The van der Waals surface area contributed by atoms with E-state index in [1.165, 1.54) is 17.0 Å². The van der Waals surface area contributed by atoms with Crippen molar-refractivity contribution in [3.05, 3.63) is 71.0 Å². The van der Waals surface area contributed by atoms with Crippen molar-refractivity contribution in [2.75, 3.05) is 92.0 Å². The van der Waals surface area contributed by atoms with Crippen LogP contribution in [0.15, 0.2) is 48.7 Å². The molecule has 1 atom stereocenters. The number of alkyl halides is 3. The van der Waals surface area contributed by atoms with E-state index in [4.69, 9.17) is 10.2 Å². The second-order valence-electron chi connectivity index (χ2n) is 17.4. The molecule has 0 aliphatic carbocycles. The Morgan fingerprint density at radius 2 is 1.56 bits per heavy atom. The van der Waals surface area contributed by atoms with Crippen molar-refractivity contribution in [2.24, 2.45) is 11.8 Å². The zero-order valence-corrected chi connectivity index (χ0v) is 34.4. The van der Waals surface area contributed by atoms with E-state index in [-0.39, 0.29) is 36.6 Å². The second-order valence-corrected chi connectivity index (χ2v) is 17.4. The Balaban J connectivity index is 0.669. The smallest absolute Gasteiger partial charge is 0.371 e. The van der Waals surface area contributed by atoms with Crippen LogP contribution in [-0.4, -0.2) is 132 Å². The number of fused-ring (bicyclic) bond motifs is 1. The normalized spacial score (nSPS) is 22.4. The molecule has 1 aromatic carbocycles. The summed E-state index contributed by atoms with van der Waals surface area (Å²) >= 11 is 0. The summed E-state index contributed by atoms with van der Waals surface area (Å²) in [6.07, 6.45) is 0.925. The van der Waals surface area contributed by atoms with Crippen LogP contribution in [0, 0.1) is 23.2 Å². The van der Waals surface area contributed by atoms with Gasteiger partial charge in [0.05, 0.1) is 46.9 Å². The molecule has 1 unspecified atom stereocenters. The molecule has 62 heavy (non-hydrogen) atoms. The number of amides is 4. The lowest BCUT2D eigenvalue weighted by molar-refractivity contribution is -0.138. The number of carbonyl (C=O) groups is 4. The molecule has 4 amide bonds. The third-order valence-electron chi connectivity index (χ3n) is 13.6. The summed E-state index contributed by atoms with van der Waals surface area (Å²) in [5.41, 5.74) is 1.28. The van der Waals surface area contributed by atoms with Crippen molar-refractivity contribution in [1.29, 1.82) is 5.26 Å². The minimum Gasteiger partial charge on any atom is -0.371 e. The highest BCUT2D eigenvalue weighted by Crippen LogP contribution is 2.36. The van der Waals surface area contributed by atoms with Gasteiger partial charge in [-0.1, -0.05) is 0 Å². The van der Waals surface area contributed by atoms with Crippen molar-refractivity contribution in [3.63, 3.8) is 0 Å². The van der Waals surface area contributed by atoms with Gasteiger partial charge < -0.3 is 24.9 Å². The molecule has 326 valence electrons. The largest absolute Gasteiger partial charge is 0.417 e. The van der Waals surface area contributed by atoms with Gasteiger partial charge in [0.15, 0.2) is 0 Å². The molecule has 8 heterocycles. The summed E-state index contributed by atoms with van der Waals surface area (Å²) in [6.45, 7) is 9.88. The van der Waals surface area contributed by atoms with E-state index in [1.54, 1.807) is 12.3 Å². The second kappa shape index (κ2) is 17.2. The molecule has 2 N–H and O–H groups in total. The molecule has 0 radical (unpaired) electrons. The lowest BCUT2D eigenvalue weighted by Crippen LogP contribution is -2.63. The molecule has 5 fully saturated rings.